The highest BCUT2D eigenvalue weighted by molar-refractivity contribution is 4.94. The number of hydrogen-bond acceptors (Lipinski definition) is 2. The zero-order valence-corrected chi connectivity index (χ0v) is 11.0. The largest absolute Gasteiger partial charge is 0.309 e. The third-order valence-corrected chi connectivity index (χ3v) is 3.97. The lowest BCUT2D eigenvalue weighted by Crippen LogP contribution is -2.61. The average molecular weight is 222 g/mol. The van der Waals surface area contributed by atoms with Crippen LogP contribution in [-0.4, -0.2) is 36.1 Å². The first-order valence-corrected chi connectivity index (χ1v) is 6.71. The first kappa shape index (κ1) is 12.1. The maximum absolute atomic E-state index is 3.62. The topological polar surface area (TPSA) is 15.3 Å². The molecule has 16 heavy (non-hydrogen) atoms. The van der Waals surface area contributed by atoms with Gasteiger partial charge < -0.3 is 5.32 Å². The smallest absolute Gasteiger partial charge is 0.0252 e. The minimum Gasteiger partial charge on any atom is -0.309 e. The Labute approximate surface area is 100 Å². The predicted molar refractivity (Wildman–Crippen MR) is 69.6 cm³/mol. The molecule has 2 aliphatic rings. The van der Waals surface area contributed by atoms with Crippen LogP contribution in [0.15, 0.2) is 12.2 Å². The third-order valence-electron chi connectivity index (χ3n) is 3.97. The van der Waals surface area contributed by atoms with Crippen LogP contribution in [0.4, 0.5) is 0 Å². The quantitative estimate of drug-likeness (QED) is 0.722. The number of rotatable bonds is 2. The van der Waals surface area contributed by atoms with E-state index in [1.165, 1.54) is 32.4 Å². The molecule has 1 fully saturated rings. The summed E-state index contributed by atoms with van der Waals surface area (Å²) < 4.78 is 0. The van der Waals surface area contributed by atoms with E-state index in [0.29, 0.717) is 6.04 Å². The Hall–Kier alpha value is -0.340. The molecule has 1 aliphatic heterocycles. The van der Waals surface area contributed by atoms with E-state index in [4.69, 9.17) is 0 Å². The average Bonchev–Trinajstić information content (AvgIpc) is 2.25. The van der Waals surface area contributed by atoms with Crippen molar-refractivity contribution in [2.24, 2.45) is 5.92 Å². The Balaban J connectivity index is 1.89. The van der Waals surface area contributed by atoms with Gasteiger partial charge in [-0.05, 0) is 46.0 Å². The van der Waals surface area contributed by atoms with E-state index in [2.05, 4.69) is 43.1 Å². The fourth-order valence-electron chi connectivity index (χ4n) is 2.87. The van der Waals surface area contributed by atoms with Gasteiger partial charge in [-0.3, -0.25) is 4.90 Å². The Morgan fingerprint density at radius 1 is 1.38 bits per heavy atom. The van der Waals surface area contributed by atoms with E-state index < -0.39 is 0 Å². The first-order chi connectivity index (χ1) is 7.57. The molecule has 2 heteroatoms. The summed E-state index contributed by atoms with van der Waals surface area (Å²) in [5.41, 5.74) is 0.289. The molecule has 0 bridgehead atoms. The Kier molecular flexibility index (Phi) is 3.70. The van der Waals surface area contributed by atoms with Crippen LogP contribution >= 0.6 is 0 Å². The van der Waals surface area contributed by atoms with E-state index >= 15 is 0 Å². The minimum atomic E-state index is 0.289. The summed E-state index contributed by atoms with van der Waals surface area (Å²) in [5, 5.41) is 3.62. The van der Waals surface area contributed by atoms with Gasteiger partial charge >= 0.3 is 0 Å². The molecule has 0 radical (unpaired) electrons. The van der Waals surface area contributed by atoms with Gasteiger partial charge in [0, 0.05) is 31.2 Å². The highest BCUT2D eigenvalue weighted by Crippen LogP contribution is 2.23. The molecule has 2 nitrogen and oxygen atoms in total. The second kappa shape index (κ2) is 4.89. The molecular weight excluding hydrogens is 196 g/mol. The molecule has 1 aliphatic carbocycles. The molecule has 2 atom stereocenters. The lowest BCUT2D eigenvalue weighted by molar-refractivity contribution is 0.0860. The molecule has 0 amide bonds. The van der Waals surface area contributed by atoms with Crippen LogP contribution in [0.1, 0.15) is 40.0 Å². The second-order valence-electron chi connectivity index (χ2n) is 6.19. The summed E-state index contributed by atoms with van der Waals surface area (Å²) in [6.45, 7) is 10.6. The number of allylic oxidation sites excluding steroid dienone is 2. The number of nitrogens with zero attached hydrogens (tertiary/aromatic N) is 1. The summed E-state index contributed by atoms with van der Waals surface area (Å²) in [6, 6.07) is 0.693. The first-order valence-electron chi connectivity index (χ1n) is 6.71. The van der Waals surface area contributed by atoms with Crippen LogP contribution in [0, 0.1) is 5.92 Å². The molecule has 0 saturated carbocycles. The summed E-state index contributed by atoms with van der Waals surface area (Å²) in [7, 11) is 0. The van der Waals surface area contributed by atoms with Gasteiger partial charge in [-0.25, -0.2) is 0 Å². The van der Waals surface area contributed by atoms with Crippen molar-refractivity contribution in [3.05, 3.63) is 12.2 Å². The Morgan fingerprint density at radius 2 is 2.19 bits per heavy atom. The van der Waals surface area contributed by atoms with Crippen molar-refractivity contribution < 1.29 is 0 Å². The maximum atomic E-state index is 3.62. The SMILES string of the molecule is CC1CNC(C)(C)CN1CC1CC=CCC1. The van der Waals surface area contributed by atoms with Gasteiger partial charge in [-0.15, -0.1) is 0 Å². The molecular formula is C14H26N2. The van der Waals surface area contributed by atoms with Gasteiger partial charge in [0.1, 0.15) is 0 Å². The van der Waals surface area contributed by atoms with Crippen LogP contribution < -0.4 is 5.32 Å². The predicted octanol–water partition coefficient (Wildman–Crippen LogP) is 2.42. The molecule has 0 aromatic heterocycles. The van der Waals surface area contributed by atoms with Crippen molar-refractivity contribution >= 4 is 0 Å². The Morgan fingerprint density at radius 3 is 2.88 bits per heavy atom. The molecule has 0 spiro atoms. The number of piperazine rings is 1. The molecule has 0 aromatic carbocycles. The van der Waals surface area contributed by atoms with E-state index in [1.807, 2.05) is 0 Å². The lowest BCUT2D eigenvalue weighted by Gasteiger charge is -2.44. The summed E-state index contributed by atoms with van der Waals surface area (Å²) in [5.74, 6) is 0.890. The zero-order valence-electron chi connectivity index (χ0n) is 11.0. The highest BCUT2D eigenvalue weighted by Gasteiger charge is 2.31. The number of hydrogen-bond donors (Lipinski definition) is 1. The van der Waals surface area contributed by atoms with Crippen molar-refractivity contribution in [2.75, 3.05) is 19.6 Å². The number of nitrogens with one attached hydrogen (secondary N) is 1. The zero-order chi connectivity index (χ0) is 11.6. The van der Waals surface area contributed by atoms with Crippen LogP contribution in [0.5, 0.6) is 0 Å². The Bertz CT molecular complexity index is 257. The van der Waals surface area contributed by atoms with Crippen molar-refractivity contribution in [1.82, 2.24) is 10.2 Å². The molecule has 2 rings (SSSR count). The van der Waals surface area contributed by atoms with Crippen molar-refractivity contribution in [3.63, 3.8) is 0 Å². The van der Waals surface area contributed by atoms with Gasteiger partial charge in [0.2, 0.25) is 0 Å². The van der Waals surface area contributed by atoms with Crippen LogP contribution in [0.2, 0.25) is 0 Å². The van der Waals surface area contributed by atoms with Crippen molar-refractivity contribution in [3.8, 4) is 0 Å². The third kappa shape index (κ3) is 3.08. The van der Waals surface area contributed by atoms with Crippen molar-refractivity contribution in [2.45, 2.75) is 51.6 Å². The van der Waals surface area contributed by atoms with Gasteiger partial charge in [-0.2, -0.15) is 0 Å². The summed E-state index contributed by atoms with van der Waals surface area (Å²) in [6.07, 6.45) is 8.66. The van der Waals surface area contributed by atoms with E-state index in [9.17, 15) is 0 Å². The van der Waals surface area contributed by atoms with Crippen LogP contribution in [0.3, 0.4) is 0 Å². The second-order valence-corrected chi connectivity index (χ2v) is 6.19. The normalized spacial score (nSPS) is 35.2. The van der Waals surface area contributed by atoms with Gasteiger partial charge in [0.05, 0.1) is 0 Å². The summed E-state index contributed by atoms with van der Waals surface area (Å²) >= 11 is 0. The standard InChI is InChI=1S/C14H26N2/c1-12-9-15-14(2,3)11-16(12)10-13-7-5-4-6-8-13/h4-5,12-13,15H,6-11H2,1-3H3. The molecule has 1 saturated heterocycles. The minimum absolute atomic E-state index is 0.289. The fourth-order valence-corrected chi connectivity index (χ4v) is 2.87. The van der Waals surface area contributed by atoms with Gasteiger partial charge in [0.25, 0.3) is 0 Å². The van der Waals surface area contributed by atoms with Crippen molar-refractivity contribution in [1.29, 1.82) is 0 Å². The van der Waals surface area contributed by atoms with Crippen LogP contribution in [-0.2, 0) is 0 Å². The lowest BCUT2D eigenvalue weighted by atomic mass is 9.91. The van der Waals surface area contributed by atoms with Gasteiger partial charge in [0.15, 0.2) is 0 Å². The maximum Gasteiger partial charge on any atom is 0.0252 e. The van der Waals surface area contributed by atoms with E-state index in [0.717, 1.165) is 12.5 Å². The molecule has 1 N–H and O–H groups in total. The molecule has 92 valence electrons. The van der Waals surface area contributed by atoms with E-state index in [1.54, 1.807) is 0 Å². The monoisotopic (exact) mass is 222 g/mol. The fraction of sp³-hybridized carbons (Fsp3) is 0.857. The van der Waals surface area contributed by atoms with Gasteiger partial charge in [-0.1, -0.05) is 12.2 Å². The van der Waals surface area contributed by atoms with E-state index in [-0.39, 0.29) is 5.54 Å². The molecule has 0 aromatic rings. The van der Waals surface area contributed by atoms with Crippen LogP contribution in [0.25, 0.3) is 0 Å². The molecule has 2 unspecified atom stereocenters. The summed E-state index contributed by atoms with van der Waals surface area (Å²) in [4.78, 5) is 2.68. The highest BCUT2D eigenvalue weighted by atomic mass is 15.2. The molecule has 1 heterocycles.